The van der Waals surface area contributed by atoms with Crippen LogP contribution in [0.15, 0.2) is 12.5 Å². The number of nitrogens with two attached hydrogens (primary N) is 2. The van der Waals surface area contributed by atoms with Crippen LogP contribution in [-0.4, -0.2) is 70.0 Å². The van der Waals surface area contributed by atoms with Gasteiger partial charge in [0, 0.05) is 18.3 Å². The third kappa shape index (κ3) is 9.17. The van der Waals surface area contributed by atoms with Gasteiger partial charge in [0.05, 0.1) is 18.9 Å². The minimum Gasteiger partial charge on any atom is -0.480 e. The summed E-state index contributed by atoms with van der Waals surface area (Å²) in [6.45, 7) is 1.46. The summed E-state index contributed by atoms with van der Waals surface area (Å²) in [4.78, 5) is 53.9. The molecule has 0 fully saturated rings. The van der Waals surface area contributed by atoms with Gasteiger partial charge >= 0.3 is 5.97 Å². The van der Waals surface area contributed by atoms with E-state index in [9.17, 15) is 19.2 Å². The van der Waals surface area contributed by atoms with E-state index in [4.69, 9.17) is 16.6 Å². The molecule has 3 amide bonds. The van der Waals surface area contributed by atoms with Gasteiger partial charge in [-0.1, -0.05) is 0 Å². The lowest BCUT2D eigenvalue weighted by molar-refractivity contribution is -0.142. The monoisotopic (exact) mass is 411 g/mol. The normalized spacial score (nSPS) is 13.8. The molecule has 0 radical (unpaired) electrons. The van der Waals surface area contributed by atoms with Crippen LogP contribution < -0.4 is 27.4 Å². The van der Waals surface area contributed by atoms with E-state index < -0.39 is 48.4 Å². The van der Waals surface area contributed by atoms with Crippen LogP contribution in [0.25, 0.3) is 0 Å². The molecule has 0 aliphatic carbocycles. The summed E-state index contributed by atoms with van der Waals surface area (Å²) < 4.78 is 0. The molecule has 162 valence electrons. The highest BCUT2D eigenvalue weighted by Crippen LogP contribution is 2.01. The van der Waals surface area contributed by atoms with Crippen LogP contribution in [0.1, 0.15) is 31.9 Å². The highest BCUT2D eigenvalue weighted by atomic mass is 16.4. The number of aromatic nitrogens is 2. The molecule has 12 nitrogen and oxygen atoms in total. The van der Waals surface area contributed by atoms with Crippen molar-refractivity contribution in [3.05, 3.63) is 18.2 Å². The maximum atomic E-state index is 12.1. The van der Waals surface area contributed by atoms with E-state index in [0.29, 0.717) is 25.1 Å². The van der Waals surface area contributed by atoms with Crippen LogP contribution in [0.2, 0.25) is 0 Å². The first-order valence-electron chi connectivity index (χ1n) is 9.27. The molecule has 0 aliphatic heterocycles. The number of rotatable bonds is 13. The molecule has 0 aromatic carbocycles. The minimum absolute atomic E-state index is 0.226. The predicted molar refractivity (Wildman–Crippen MR) is 103 cm³/mol. The summed E-state index contributed by atoms with van der Waals surface area (Å²) >= 11 is 0. The van der Waals surface area contributed by atoms with Crippen molar-refractivity contribution in [2.75, 3.05) is 13.1 Å². The van der Waals surface area contributed by atoms with Crippen molar-refractivity contribution in [3.8, 4) is 0 Å². The number of carbonyl (C=O) groups is 4. The zero-order chi connectivity index (χ0) is 21.8. The van der Waals surface area contributed by atoms with Crippen molar-refractivity contribution in [2.24, 2.45) is 11.5 Å². The van der Waals surface area contributed by atoms with Crippen molar-refractivity contribution in [1.82, 2.24) is 25.9 Å². The second kappa shape index (κ2) is 12.5. The van der Waals surface area contributed by atoms with Crippen LogP contribution in [-0.2, 0) is 25.6 Å². The number of hydrogen-bond acceptors (Lipinski definition) is 7. The Morgan fingerprint density at radius 2 is 1.93 bits per heavy atom. The van der Waals surface area contributed by atoms with Crippen LogP contribution >= 0.6 is 0 Å². The highest BCUT2D eigenvalue weighted by molar-refractivity contribution is 5.92. The number of nitrogens with one attached hydrogen (secondary N) is 4. The van der Waals surface area contributed by atoms with Gasteiger partial charge in [0.25, 0.3) is 0 Å². The van der Waals surface area contributed by atoms with E-state index in [1.807, 2.05) is 0 Å². The number of imidazole rings is 1. The van der Waals surface area contributed by atoms with Gasteiger partial charge in [-0.05, 0) is 32.7 Å². The first-order valence-corrected chi connectivity index (χ1v) is 9.27. The van der Waals surface area contributed by atoms with E-state index in [1.165, 1.54) is 13.3 Å². The molecule has 0 saturated heterocycles. The molecule has 1 aromatic rings. The van der Waals surface area contributed by atoms with Gasteiger partial charge in [0.1, 0.15) is 12.1 Å². The lowest BCUT2D eigenvalue weighted by Gasteiger charge is -2.18. The van der Waals surface area contributed by atoms with Gasteiger partial charge in [-0.15, -0.1) is 0 Å². The average molecular weight is 411 g/mol. The van der Waals surface area contributed by atoms with E-state index in [1.54, 1.807) is 6.20 Å². The Morgan fingerprint density at radius 3 is 2.52 bits per heavy atom. The molecule has 0 aliphatic rings. The van der Waals surface area contributed by atoms with Crippen LogP contribution in [0.3, 0.4) is 0 Å². The molecular weight excluding hydrogens is 382 g/mol. The quantitative estimate of drug-likeness (QED) is 0.174. The molecule has 1 rings (SSSR count). The van der Waals surface area contributed by atoms with Gasteiger partial charge < -0.3 is 37.5 Å². The van der Waals surface area contributed by atoms with Gasteiger partial charge in [-0.2, -0.15) is 0 Å². The Bertz CT molecular complexity index is 680. The summed E-state index contributed by atoms with van der Waals surface area (Å²) in [6, 6.07) is -2.86. The lowest BCUT2D eigenvalue weighted by atomic mass is 10.1. The van der Waals surface area contributed by atoms with Crippen molar-refractivity contribution in [1.29, 1.82) is 0 Å². The van der Waals surface area contributed by atoms with Crippen molar-refractivity contribution < 1.29 is 24.3 Å². The Balaban J connectivity index is 2.38. The van der Waals surface area contributed by atoms with Gasteiger partial charge in [0.15, 0.2) is 0 Å². The number of H-pyrrole nitrogens is 1. The van der Waals surface area contributed by atoms with Crippen molar-refractivity contribution in [3.63, 3.8) is 0 Å². The predicted octanol–water partition coefficient (Wildman–Crippen LogP) is -2.40. The topological polar surface area (TPSA) is 205 Å². The number of aliphatic carboxylic acids is 1. The fourth-order valence-corrected chi connectivity index (χ4v) is 2.43. The van der Waals surface area contributed by atoms with E-state index in [0.717, 1.165) is 0 Å². The summed E-state index contributed by atoms with van der Waals surface area (Å²) in [6.07, 6.45) is 4.69. The Kier molecular flexibility index (Phi) is 10.3. The number of aromatic amines is 1. The highest BCUT2D eigenvalue weighted by Gasteiger charge is 2.22. The molecule has 9 N–H and O–H groups in total. The number of amides is 3. The largest absolute Gasteiger partial charge is 0.480 e. The zero-order valence-corrected chi connectivity index (χ0v) is 16.3. The fourth-order valence-electron chi connectivity index (χ4n) is 2.43. The number of unbranched alkanes of at least 4 members (excludes halogenated alkanes) is 1. The smallest absolute Gasteiger partial charge is 0.326 e. The van der Waals surface area contributed by atoms with Crippen LogP contribution in [0, 0.1) is 0 Å². The number of nitrogens with zero attached hydrogens (tertiary/aromatic N) is 1. The molecule has 0 spiro atoms. The zero-order valence-electron chi connectivity index (χ0n) is 16.3. The third-order valence-corrected chi connectivity index (χ3v) is 4.09. The van der Waals surface area contributed by atoms with Gasteiger partial charge in [-0.25, -0.2) is 9.78 Å². The van der Waals surface area contributed by atoms with E-state index >= 15 is 0 Å². The molecular formula is C17H29N7O5. The Labute approximate surface area is 168 Å². The summed E-state index contributed by atoms with van der Waals surface area (Å²) in [7, 11) is 0. The Hall–Kier alpha value is -2.99. The average Bonchev–Trinajstić information content (AvgIpc) is 3.18. The van der Waals surface area contributed by atoms with Crippen molar-refractivity contribution in [2.45, 2.75) is 50.7 Å². The molecule has 0 bridgehead atoms. The summed E-state index contributed by atoms with van der Waals surface area (Å²) in [5.74, 6) is -2.93. The summed E-state index contributed by atoms with van der Waals surface area (Å²) in [5.41, 5.74) is 11.8. The second-order valence-electron chi connectivity index (χ2n) is 6.58. The SMILES string of the molecule is CC(NC(=O)C(N)Cc1cnc[nH]1)C(=O)NCC(=O)NC(CCCCN)C(=O)O. The molecule has 0 saturated carbocycles. The van der Waals surface area contributed by atoms with Gasteiger partial charge in [0.2, 0.25) is 17.7 Å². The van der Waals surface area contributed by atoms with Crippen LogP contribution in [0.4, 0.5) is 0 Å². The van der Waals surface area contributed by atoms with E-state index in [-0.39, 0.29) is 12.8 Å². The number of carboxylic acids is 1. The van der Waals surface area contributed by atoms with E-state index in [2.05, 4.69) is 25.9 Å². The standard InChI is InChI=1S/C17H29N7O5/c1-10(23-16(27)12(19)6-11-7-20-9-22-11)15(26)21-8-14(25)24-13(17(28)29)4-2-3-5-18/h7,9-10,12-13H,2-6,8,18-19H2,1H3,(H,20,22)(H,21,26)(H,23,27)(H,24,25)(H,28,29). The van der Waals surface area contributed by atoms with Crippen LogP contribution in [0.5, 0.6) is 0 Å². The maximum Gasteiger partial charge on any atom is 0.326 e. The molecule has 1 heterocycles. The lowest BCUT2D eigenvalue weighted by Crippen LogP contribution is -2.52. The van der Waals surface area contributed by atoms with Gasteiger partial charge in [-0.3, -0.25) is 14.4 Å². The molecule has 3 unspecified atom stereocenters. The molecule has 3 atom stereocenters. The molecule has 29 heavy (non-hydrogen) atoms. The first kappa shape index (κ1) is 24.0. The minimum atomic E-state index is -1.16. The third-order valence-electron chi connectivity index (χ3n) is 4.09. The number of carboxylic acid groups (broad SMARTS) is 1. The molecule has 12 heteroatoms. The maximum absolute atomic E-state index is 12.1. The fraction of sp³-hybridized carbons (Fsp3) is 0.588. The number of hydrogen-bond donors (Lipinski definition) is 7. The first-order chi connectivity index (χ1) is 13.7. The summed E-state index contributed by atoms with van der Waals surface area (Å²) in [5, 5.41) is 16.3. The van der Waals surface area contributed by atoms with Crippen molar-refractivity contribution >= 4 is 23.7 Å². The molecule has 1 aromatic heterocycles. The Morgan fingerprint density at radius 1 is 1.21 bits per heavy atom. The number of carbonyl (C=O) groups excluding carboxylic acids is 3. The second-order valence-corrected chi connectivity index (χ2v) is 6.58.